The van der Waals surface area contributed by atoms with Crippen molar-refractivity contribution >= 4 is 16.7 Å². The van der Waals surface area contributed by atoms with Gasteiger partial charge in [-0.3, -0.25) is 9.59 Å². The Morgan fingerprint density at radius 3 is 2.36 bits per heavy atom. The fraction of sp³-hybridized carbons (Fsp3) is 0.261. The van der Waals surface area contributed by atoms with E-state index >= 15 is 0 Å². The Balaban J connectivity index is 1.85. The molecule has 3 rings (SSSR count). The minimum atomic E-state index is -0.235. The molecule has 2 aromatic carbocycles. The minimum Gasteiger partial charge on any atom is -0.346 e. The summed E-state index contributed by atoms with van der Waals surface area (Å²) in [5.41, 5.74) is 2.14. The van der Waals surface area contributed by atoms with Crippen molar-refractivity contribution in [3.8, 4) is 12.3 Å². The molecule has 1 heterocycles. The monoisotopic (exact) mass is 373 g/mol. The Morgan fingerprint density at radius 1 is 1.11 bits per heavy atom. The van der Waals surface area contributed by atoms with Crippen LogP contribution in [0.5, 0.6) is 0 Å². The Kier molecular flexibility index (Phi) is 5.32. The van der Waals surface area contributed by atoms with Gasteiger partial charge >= 0.3 is 0 Å². The lowest BCUT2D eigenvalue weighted by atomic mass is 9.87. The van der Waals surface area contributed by atoms with E-state index in [4.69, 9.17) is 6.42 Å². The van der Waals surface area contributed by atoms with Crippen LogP contribution in [0.2, 0.25) is 0 Å². The summed E-state index contributed by atoms with van der Waals surface area (Å²) < 4.78 is 1.25. The van der Waals surface area contributed by atoms with Crippen molar-refractivity contribution in [2.75, 3.05) is 0 Å². The molecule has 0 saturated heterocycles. The molecule has 0 atom stereocenters. The number of fused-ring (bicyclic) bond motifs is 1. The van der Waals surface area contributed by atoms with Crippen molar-refractivity contribution < 1.29 is 4.79 Å². The van der Waals surface area contributed by atoms with E-state index < -0.39 is 0 Å². The number of benzene rings is 2. The number of carbonyl (C=O) groups excluding carboxylic acids is 1. The fourth-order valence-corrected chi connectivity index (χ4v) is 3.02. The largest absolute Gasteiger partial charge is 0.346 e. The highest BCUT2D eigenvalue weighted by atomic mass is 16.1. The average Bonchev–Trinajstić information content (AvgIpc) is 2.68. The van der Waals surface area contributed by atoms with E-state index in [1.54, 1.807) is 12.1 Å². The van der Waals surface area contributed by atoms with Crippen molar-refractivity contribution in [1.29, 1.82) is 0 Å². The number of amides is 1. The first kappa shape index (κ1) is 19.4. The van der Waals surface area contributed by atoms with E-state index in [-0.39, 0.29) is 30.0 Å². The molecule has 0 bridgehead atoms. The lowest BCUT2D eigenvalue weighted by molar-refractivity contribution is 0.0950. The van der Waals surface area contributed by atoms with Crippen LogP contribution in [0.1, 0.15) is 42.4 Å². The predicted molar refractivity (Wildman–Crippen MR) is 111 cm³/mol. The highest BCUT2D eigenvalue weighted by Crippen LogP contribution is 2.22. The molecule has 3 aromatic rings. The molecule has 0 unspecified atom stereocenters. The molecule has 1 N–H and O–H groups in total. The number of aromatic nitrogens is 2. The zero-order valence-electron chi connectivity index (χ0n) is 16.3. The van der Waals surface area contributed by atoms with Gasteiger partial charge in [0.1, 0.15) is 6.54 Å². The Bertz CT molecular complexity index is 1110. The summed E-state index contributed by atoms with van der Waals surface area (Å²) in [4.78, 5) is 25.0. The van der Waals surface area contributed by atoms with Crippen LogP contribution in [0.3, 0.4) is 0 Å². The smallest absolute Gasteiger partial charge is 0.275 e. The first-order valence-electron chi connectivity index (χ1n) is 9.12. The molecule has 1 aromatic heterocycles. The Hall–Kier alpha value is -3.39. The van der Waals surface area contributed by atoms with E-state index in [1.165, 1.54) is 4.68 Å². The van der Waals surface area contributed by atoms with Crippen LogP contribution >= 0.6 is 0 Å². The number of hydrogen-bond donors (Lipinski definition) is 1. The third kappa shape index (κ3) is 3.96. The minimum absolute atomic E-state index is 0.0303. The standard InChI is InChI=1S/C23H23N3O2/c1-5-14-26-22(28)19-9-7-6-8-18(19)20(25-26)15-24-21(27)16-10-12-17(13-11-16)23(2,3)4/h1,6-13H,14-15H2,2-4H3,(H,24,27). The van der Waals surface area contributed by atoms with Crippen LogP contribution in [-0.4, -0.2) is 15.7 Å². The summed E-state index contributed by atoms with van der Waals surface area (Å²) in [5.74, 6) is 2.24. The molecular weight excluding hydrogens is 350 g/mol. The topological polar surface area (TPSA) is 64.0 Å². The quantitative estimate of drug-likeness (QED) is 0.714. The maximum atomic E-state index is 12.6. The van der Waals surface area contributed by atoms with Gasteiger partial charge in [0, 0.05) is 10.9 Å². The summed E-state index contributed by atoms with van der Waals surface area (Å²) >= 11 is 0. The van der Waals surface area contributed by atoms with Crippen LogP contribution in [0.4, 0.5) is 0 Å². The number of rotatable bonds is 4. The number of hydrogen-bond acceptors (Lipinski definition) is 3. The first-order chi connectivity index (χ1) is 13.3. The molecule has 0 spiro atoms. The fourth-order valence-electron chi connectivity index (χ4n) is 3.02. The SMILES string of the molecule is C#CCn1nc(CNC(=O)c2ccc(C(C)(C)C)cc2)c2ccccc2c1=O. The summed E-state index contributed by atoms with van der Waals surface area (Å²) in [6.45, 7) is 6.67. The van der Waals surface area contributed by atoms with Crippen molar-refractivity contribution in [3.05, 3.63) is 75.7 Å². The van der Waals surface area contributed by atoms with Crippen LogP contribution < -0.4 is 10.9 Å². The lowest BCUT2D eigenvalue weighted by Gasteiger charge is -2.19. The maximum Gasteiger partial charge on any atom is 0.275 e. The number of carbonyl (C=O) groups is 1. The predicted octanol–water partition coefficient (Wildman–Crippen LogP) is 3.26. The van der Waals surface area contributed by atoms with E-state index in [0.717, 1.165) is 5.56 Å². The van der Waals surface area contributed by atoms with Gasteiger partial charge in [0.2, 0.25) is 0 Å². The third-order valence-corrected chi connectivity index (χ3v) is 4.61. The molecule has 0 aliphatic rings. The zero-order chi connectivity index (χ0) is 20.3. The molecule has 0 saturated carbocycles. The maximum absolute atomic E-state index is 12.6. The van der Waals surface area contributed by atoms with Gasteiger partial charge in [-0.1, -0.05) is 57.0 Å². The number of terminal acetylenes is 1. The van der Waals surface area contributed by atoms with Crippen LogP contribution in [-0.2, 0) is 18.5 Å². The van der Waals surface area contributed by atoms with E-state index in [2.05, 4.69) is 37.1 Å². The second-order valence-electron chi connectivity index (χ2n) is 7.67. The Labute approximate surface area is 164 Å². The number of nitrogens with zero attached hydrogens (tertiary/aromatic N) is 2. The second kappa shape index (κ2) is 7.69. The van der Waals surface area contributed by atoms with Gasteiger partial charge < -0.3 is 5.32 Å². The van der Waals surface area contributed by atoms with Gasteiger partial charge in [0.25, 0.3) is 11.5 Å². The average molecular weight is 373 g/mol. The summed E-state index contributed by atoms with van der Waals surface area (Å²) in [5, 5.41) is 8.48. The molecule has 0 aliphatic heterocycles. The molecule has 142 valence electrons. The summed E-state index contributed by atoms with van der Waals surface area (Å²) in [7, 11) is 0. The molecule has 1 amide bonds. The molecule has 28 heavy (non-hydrogen) atoms. The van der Waals surface area contributed by atoms with Crippen LogP contribution in [0.15, 0.2) is 53.3 Å². The van der Waals surface area contributed by atoms with Crippen LogP contribution in [0.25, 0.3) is 10.8 Å². The molecule has 0 aliphatic carbocycles. The van der Waals surface area contributed by atoms with Crippen molar-refractivity contribution in [2.24, 2.45) is 0 Å². The molecule has 0 radical (unpaired) electrons. The van der Waals surface area contributed by atoms with Gasteiger partial charge in [-0.2, -0.15) is 5.10 Å². The van der Waals surface area contributed by atoms with Gasteiger partial charge in [-0.25, -0.2) is 4.68 Å². The molecule has 5 heteroatoms. The van der Waals surface area contributed by atoms with Crippen molar-refractivity contribution in [1.82, 2.24) is 15.1 Å². The number of nitrogens with one attached hydrogen (secondary N) is 1. The van der Waals surface area contributed by atoms with Crippen LogP contribution in [0, 0.1) is 12.3 Å². The summed E-state index contributed by atoms with van der Waals surface area (Å²) in [6.07, 6.45) is 5.34. The normalized spacial score (nSPS) is 11.2. The third-order valence-electron chi connectivity index (χ3n) is 4.61. The Morgan fingerprint density at radius 2 is 1.75 bits per heavy atom. The second-order valence-corrected chi connectivity index (χ2v) is 7.67. The van der Waals surface area contributed by atoms with Gasteiger partial charge in [-0.15, -0.1) is 6.42 Å². The molecular formula is C23H23N3O2. The highest BCUT2D eigenvalue weighted by molar-refractivity contribution is 5.94. The highest BCUT2D eigenvalue weighted by Gasteiger charge is 2.15. The van der Waals surface area contributed by atoms with E-state index in [1.807, 2.05) is 36.4 Å². The molecule has 0 fully saturated rings. The lowest BCUT2D eigenvalue weighted by Crippen LogP contribution is -2.28. The van der Waals surface area contributed by atoms with Gasteiger partial charge in [0.15, 0.2) is 0 Å². The first-order valence-corrected chi connectivity index (χ1v) is 9.12. The van der Waals surface area contributed by atoms with Gasteiger partial charge in [-0.05, 0) is 29.2 Å². The summed E-state index contributed by atoms with van der Waals surface area (Å²) in [6, 6.07) is 14.8. The van der Waals surface area contributed by atoms with Gasteiger partial charge in [0.05, 0.1) is 17.6 Å². The zero-order valence-corrected chi connectivity index (χ0v) is 16.3. The van der Waals surface area contributed by atoms with Crippen molar-refractivity contribution in [2.45, 2.75) is 39.3 Å². The van der Waals surface area contributed by atoms with E-state index in [9.17, 15) is 9.59 Å². The molecule has 5 nitrogen and oxygen atoms in total. The van der Waals surface area contributed by atoms with Crippen molar-refractivity contribution in [3.63, 3.8) is 0 Å². The van der Waals surface area contributed by atoms with E-state index in [0.29, 0.717) is 22.0 Å².